The third-order valence-electron chi connectivity index (χ3n) is 3.62. The van der Waals surface area contributed by atoms with Gasteiger partial charge in [-0.05, 0) is 43.5 Å². The first-order valence-electron chi connectivity index (χ1n) is 7.61. The number of aromatic nitrogens is 1. The van der Waals surface area contributed by atoms with Crippen LogP contribution in [0, 0.1) is 0 Å². The van der Waals surface area contributed by atoms with E-state index >= 15 is 0 Å². The van der Waals surface area contributed by atoms with Crippen molar-refractivity contribution in [2.24, 2.45) is 5.10 Å². The van der Waals surface area contributed by atoms with Crippen molar-refractivity contribution in [3.05, 3.63) is 34.3 Å². The Morgan fingerprint density at radius 2 is 2.00 bits per heavy atom. The van der Waals surface area contributed by atoms with Gasteiger partial charge in [-0.15, -0.1) is 0 Å². The smallest absolute Gasteiger partial charge is 0.189 e. The number of hydrazone groups is 1. The molecule has 1 N–H and O–H groups in total. The summed E-state index contributed by atoms with van der Waals surface area (Å²) in [5.41, 5.74) is 0.940. The van der Waals surface area contributed by atoms with Crippen LogP contribution in [0.15, 0.2) is 29.4 Å². The van der Waals surface area contributed by atoms with Crippen LogP contribution in [0.4, 0.5) is 10.8 Å². The maximum absolute atomic E-state index is 6.21. The molecule has 0 bridgehead atoms. The monoisotopic (exact) mass is 350 g/mol. The molecule has 1 aliphatic rings. The van der Waals surface area contributed by atoms with Crippen LogP contribution in [0.25, 0.3) is 0 Å². The summed E-state index contributed by atoms with van der Waals surface area (Å²) >= 11 is 7.70. The van der Waals surface area contributed by atoms with Crippen molar-refractivity contribution in [3.8, 4) is 5.75 Å². The lowest BCUT2D eigenvalue weighted by Crippen LogP contribution is -2.24. The summed E-state index contributed by atoms with van der Waals surface area (Å²) in [7, 11) is 1.65. The zero-order valence-corrected chi connectivity index (χ0v) is 14.5. The fourth-order valence-corrected chi connectivity index (χ4v) is 3.41. The summed E-state index contributed by atoms with van der Waals surface area (Å²) in [5.74, 6) is 0.821. The molecule has 0 atom stereocenters. The molecule has 3 rings (SSSR count). The van der Waals surface area contributed by atoms with Gasteiger partial charge in [0.25, 0.3) is 0 Å². The molecule has 23 heavy (non-hydrogen) atoms. The topological polar surface area (TPSA) is 49.8 Å². The molecule has 2 heterocycles. The highest BCUT2D eigenvalue weighted by molar-refractivity contribution is 7.17. The summed E-state index contributed by atoms with van der Waals surface area (Å²) < 4.78 is 5.15. The Morgan fingerprint density at radius 3 is 2.70 bits per heavy atom. The minimum absolute atomic E-state index is 0.478. The summed E-state index contributed by atoms with van der Waals surface area (Å²) in [6.45, 7) is 2.04. The Hall–Kier alpha value is -1.79. The molecule has 7 heteroatoms. The minimum Gasteiger partial charge on any atom is -0.497 e. The number of nitrogens with one attached hydrogen (secondary N) is 1. The third-order valence-corrected chi connectivity index (χ3v) is 4.93. The number of thiazole rings is 1. The van der Waals surface area contributed by atoms with Gasteiger partial charge in [0.05, 0.1) is 18.2 Å². The number of benzene rings is 1. The summed E-state index contributed by atoms with van der Waals surface area (Å²) in [6, 6.07) is 7.68. The van der Waals surface area contributed by atoms with Crippen molar-refractivity contribution >= 4 is 40.0 Å². The second kappa shape index (κ2) is 7.66. The molecule has 0 unspecified atom stereocenters. The second-order valence-electron chi connectivity index (χ2n) is 5.29. The van der Waals surface area contributed by atoms with E-state index in [-0.39, 0.29) is 0 Å². The highest BCUT2D eigenvalue weighted by Gasteiger charge is 2.10. The van der Waals surface area contributed by atoms with Crippen molar-refractivity contribution in [3.63, 3.8) is 0 Å². The van der Waals surface area contributed by atoms with Gasteiger partial charge in [0, 0.05) is 18.8 Å². The zero-order valence-electron chi connectivity index (χ0n) is 13.0. The van der Waals surface area contributed by atoms with Crippen LogP contribution < -0.4 is 10.1 Å². The Kier molecular flexibility index (Phi) is 5.35. The normalized spacial score (nSPS) is 15.1. The van der Waals surface area contributed by atoms with E-state index in [1.165, 1.54) is 30.6 Å². The molecular formula is C16H19ClN4OS. The number of nitrogens with zero attached hydrogens (tertiary/aromatic N) is 3. The lowest BCUT2D eigenvalue weighted by Gasteiger charge is -2.23. The van der Waals surface area contributed by atoms with Gasteiger partial charge in [-0.1, -0.05) is 22.9 Å². The predicted octanol–water partition coefficient (Wildman–Crippen LogP) is 4.37. The molecule has 1 aromatic heterocycles. The molecular weight excluding hydrogens is 332 g/mol. The van der Waals surface area contributed by atoms with E-state index in [1.54, 1.807) is 7.11 Å². The van der Waals surface area contributed by atoms with E-state index in [0.717, 1.165) is 34.5 Å². The summed E-state index contributed by atoms with van der Waals surface area (Å²) in [4.78, 5) is 5.21. The predicted molar refractivity (Wildman–Crippen MR) is 96.4 cm³/mol. The summed E-state index contributed by atoms with van der Waals surface area (Å²) in [5, 5.41) is 11.1. The van der Waals surface area contributed by atoms with Crippen LogP contribution in [-0.4, -0.2) is 36.4 Å². The minimum atomic E-state index is 0.478. The average molecular weight is 351 g/mol. The highest BCUT2D eigenvalue weighted by Crippen LogP contribution is 2.28. The number of piperidine rings is 1. The van der Waals surface area contributed by atoms with Gasteiger partial charge in [-0.3, -0.25) is 5.01 Å². The molecule has 2 aromatic rings. The molecule has 5 nitrogen and oxygen atoms in total. The molecule has 0 aliphatic carbocycles. The first kappa shape index (κ1) is 16.1. The van der Waals surface area contributed by atoms with Crippen LogP contribution in [-0.2, 0) is 0 Å². The molecule has 0 radical (unpaired) electrons. The zero-order chi connectivity index (χ0) is 16.1. The van der Waals surface area contributed by atoms with Gasteiger partial charge in [0.2, 0.25) is 0 Å². The van der Waals surface area contributed by atoms with E-state index in [4.69, 9.17) is 16.3 Å². The molecule has 1 aromatic carbocycles. The average Bonchev–Trinajstić information content (AvgIpc) is 2.94. The highest BCUT2D eigenvalue weighted by atomic mass is 35.5. The van der Waals surface area contributed by atoms with E-state index < -0.39 is 0 Å². The van der Waals surface area contributed by atoms with Crippen LogP contribution in [0.1, 0.15) is 24.1 Å². The Morgan fingerprint density at radius 1 is 1.26 bits per heavy atom. The Balaban J connectivity index is 1.66. The SMILES string of the molecule is COc1ccc(Nc2nc(Cl)c(/C=N/N3CCCCC3)s2)cc1. The van der Waals surface area contributed by atoms with Crippen molar-refractivity contribution in [2.75, 3.05) is 25.5 Å². The molecule has 122 valence electrons. The second-order valence-corrected chi connectivity index (χ2v) is 6.68. The summed E-state index contributed by atoms with van der Waals surface area (Å²) in [6.07, 6.45) is 5.52. The number of rotatable bonds is 5. The Bertz CT molecular complexity index is 665. The largest absolute Gasteiger partial charge is 0.497 e. The van der Waals surface area contributed by atoms with Crippen LogP contribution in [0.2, 0.25) is 5.15 Å². The number of halogens is 1. The maximum Gasteiger partial charge on any atom is 0.189 e. The molecule has 1 saturated heterocycles. The van der Waals surface area contributed by atoms with Crippen LogP contribution in [0.3, 0.4) is 0 Å². The molecule has 0 saturated carbocycles. The van der Waals surface area contributed by atoms with Crippen molar-refractivity contribution < 1.29 is 4.74 Å². The first-order chi connectivity index (χ1) is 11.2. The van der Waals surface area contributed by atoms with E-state index in [1.807, 2.05) is 30.5 Å². The fourth-order valence-electron chi connectivity index (χ4n) is 2.37. The quantitative estimate of drug-likeness (QED) is 0.813. The lowest BCUT2D eigenvalue weighted by molar-refractivity contribution is 0.240. The molecule has 1 fully saturated rings. The van der Waals surface area contributed by atoms with Gasteiger partial charge >= 0.3 is 0 Å². The van der Waals surface area contributed by atoms with Gasteiger partial charge in [0.1, 0.15) is 5.75 Å². The van der Waals surface area contributed by atoms with Gasteiger partial charge < -0.3 is 10.1 Å². The fraction of sp³-hybridized carbons (Fsp3) is 0.375. The van der Waals surface area contributed by atoms with Crippen molar-refractivity contribution in [1.29, 1.82) is 0 Å². The number of hydrogen-bond donors (Lipinski definition) is 1. The van der Waals surface area contributed by atoms with E-state index in [2.05, 4.69) is 20.4 Å². The van der Waals surface area contributed by atoms with Crippen molar-refractivity contribution in [2.45, 2.75) is 19.3 Å². The Labute approximate surface area is 144 Å². The van der Waals surface area contributed by atoms with Gasteiger partial charge in [-0.2, -0.15) is 5.10 Å². The van der Waals surface area contributed by atoms with E-state index in [9.17, 15) is 0 Å². The lowest BCUT2D eigenvalue weighted by atomic mass is 10.2. The van der Waals surface area contributed by atoms with Gasteiger partial charge in [-0.25, -0.2) is 4.98 Å². The van der Waals surface area contributed by atoms with Crippen LogP contribution in [0.5, 0.6) is 5.75 Å². The maximum atomic E-state index is 6.21. The number of methoxy groups -OCH3 is 1. The number of anilines is 2. The third kappa shape index (κ3) is 4.36. The van der Waals surface area contributed by atoms with Crippen LogP contribution >= 0.6 is 22.9 Å². The standard InChI is InChI=1S/C16H19ClN4OS/c1-22-13-7-5-12(6-8-13)19-16-20-15(17)14(23-16)11-18-21-9-3-2-4-10-21/h5-8,11H,2-4,9-10H2,1H3,(H,19,20)/b18-11+. The van der Waals surface area contributed by atoms with E-state index in [0.29, 0.717) is 5.15 Å². The number of ether oxygens (including phenoxy) is 1. The first-order valence-corrected chi connectivity index (χ1v) is 8.80. The van der Waals surface area contributed by atoms with Crippen molar-refractivity contribution in [1.82, 2.24) is 9.99 Å². The molecule has 1 aliphatic heterocycles. The molecule has 0 spiro atoms. The number of hydrogen-bond acceptors (Lipinski definition) is 6. The molecule has 0 amide bonds. The van der Waals surface area contributed by atoms with Gasteiger partial charge in [0.15, 0.2) is 10.3 Å².